The largest absolute Gasteiger partial charge is 0.346 e. The van der Waals surface area contributed by atoms with Crippen LogP contribution in [0.3, 0.4) is 0 Å². The molecule has 1 heterocycles. The first-order valence-electron chi connectivity index (χ1n) is 7.02. The van der Waals surface area contributed by atoms with E-state index in [2.05, 4.69) is 60.9 Å². The Bertz CT molecular complexity index is 432. The molecule has 0 aliphatic rings. The van der Waals surface area contributed by atoms with Crippen molar-refractivity contribution >= 4 is 5.82 Å². The second-order valence-corrected chi connectivity index (χ2v) is 4.93. The third kappa shape index (κ3) is 4.92. The van der Waals surface area contributed by atoms with Crippen molar-refractivity contribution < 1.29 is 0 Å². The van der Waals surface area contributed by atoms with E-state index in [-0.39, 0.29) is 0 Å². The number of anilines is 1. The van der Waals surface area contributed by atoms with Crippen LogP contribution in [0.5, 0.6) is 0 Å². The van der Waals surface area contributed by atoms with Crippen LogP contribution in [0.2, 0.25) is 0 Å². The highest BCUT2D eigenvalue weighted by atomic mass is 15.2. The topological polar surface area (TPSA) is 28.2 Å². The first-order chi connectivity index (χ1) is 9.10. The Morgan fingerprint density at radius 3 is 2.63 bits per heavy atom. The van der Waals surface area contributed by atoms with Gasteiger partial charge in [-0.15, -0.1) is 6.42 Å². The number of hydrogen-bond donors (Lipinski definition) is 1. The lowest BCUT2D eigenvalue weighted by molar-refractivity contribution is 0.588. The SMILES string of the molecule is C#CCN(CC)c1cc(CNC(C)C)cc(CC)n1. The molecular weight excluding hydrogens is 234 g/mol. The maximum atomic E-state index is 5.42. The van der Waals surface area contributed by atoms with Crippen molar-refractivity contribution in [2.75, 3.05) is 18.0 Å². The first kappa shape index (κ1) is 15.5. The molecule has 0 spiro atoms. The monoisotopic (exact) mass is 259 g/mol. The molecule has 1 aromatic rings. The molecule has 0 saturated heterocycles. The van der Waals surface area contributed by atoms with Gasteiger partial charge in [-0.1, -0.05) is 26.7 Å². The minimum Gasteiger partial charge on any atom is -0.346 e. The van der Waals surface area contributed by atoms with Crippen molar-refractivity contribution in [3.8, 4) is 12.3 Å². The summed E-state index contributed by atoms with van der Waals surface area (Å²) in [5.74, 6) is 3.68. The third-order valence-electron chi connectivity index (χ3n) is 2.99. The maximum absolute atomic E-state index is 5.42. The summed E-state index contributed by atoms with van der Waals surface area (Å²) in [5.41, 5.74) is 2.39. The quantitative estimate of drug-likeness (QED) is 0.763. The van der Waals surface area contributed by atoms with Gasteiger partial charge in [0, 0.05) is 24.8 Å². The minimum absolute atomic E-state index is 0.481. The molecule has 1 rings (SSSR count). The fraction of sp³-hybridized carbons (Fsp3) is 0.562. The van der Waals surface area contributed by atoms with E-state index >= 15 is 0 Å². The van der Waals surface area contributed by atoms with Crippen molar-refractivity contribution in [2.24, 2.45) is 0 Å². The molecule has 0 aliphatic carbocycles. The van der Waals surface area contributed by atoms with Gasteiger partial charge < -0.3 is 10.2 Å². The summed E-state index contributed by atoms with van der Waals surface area (Å²) in [7, 11) is 0. The van der Waals surface area contributed by atoms with Gasteiger partial charge in [0.15, 0.2) is 0 Å². The Morgan fingerprint density at radius 2 is 2.11 bits per heavy atom. The number of hydrogen-bond acceptors (Lipinski definition) is 3. The predicted octanol–water partition coefficient (Wildman–Crippen LogP) is 2.60. The van der Waals surface area contributed by atoms with Crippen LogP contribution in [0.4, 0.5) is 5.82 Å². The highest BCUT2D eigenvalue weighted by Crippen LogP contribution is 2.15. The van der Waals surface area contributed by atoms with Crippen molar-refractivity contribution in [2.45, 2.75) is 46.7 Å². The van der Waals surface area contributed by atoms with Crippen LogP contribution in [0.25, 0.3) is 0 Å². The molecule has 0 bridgehead atoms. The van der Waals surface area contributed by atoms with Crippen LogP contribution in [-0.2, 0) is 13.0 Å². The molecule has 3 nitrogen and oxygen atoms in total. The lowest BCUT2D eigenvalue weighted by Gasteiger charge is -2.21. The van der Waals surface area contributed by atoms with Gasteiger partial charge in [0.25, 0.3) is 0 Å². The summed E-state index contributed by atoms with van der Waals surface area (Å²) in [6.45, 7) is 10.9. The van der Waals surface area contributed by atoms with E-state index in [1.165, 1.54) is 5.56 Å². The van der Waals surface area contributed by atoms with Crippen LogP contribution in [0, 0.1) is 12.3 Å². The number of nitrogens with zero attached hydrogens (tertiary/aromatic N) is 2. The summed E-state index contributed by atoms with van der Waals surface area (Å²) in [4.78, 5) is 6.79. The minimum atomic E-state index is 0.481. The highest BCUT2D eigenvalue weighted by molar-refractivity contribution is 5.44. The summed E-state index contributed by atoms with van der Waals surface area (Å²) >= 11 is 0. The van der Waals surface area contributed by atoms with E-state index in [1.54, 1.807) is 0 Å². The molecule has 19 heavy (non-hydrogen) atoms. The summed E-state index contributed by atoms with van der Waals surface area (Å²) in [5, 5.41) is 3.44. The van der Waals surface area contributed by atoms with Crippen molar-refractivity contribution in [1.29, 1.82) is 0 Å². The van der Waals surface area contributed by atoms with Gasteiger partial charge in [-0.25, -0.2) is 4.98 Å². The molecule has 0 radical (unpaired) electrons. The first-order valence-corrected chi connectivity index (χ1v) is 7.02. The number of aryl methyl sites for hydroxylation is 1. The second kappa shape index (κ2) is 7.81. The zero-order chi connectivity index (χ0) is 14.3. The normalized spacial score (nSPS) is 10.5. The van der Waals surface area contributed by atoms with E-state index in [9.17, 15) is 0 Å². The number of rotatable bonds is 7. The molecular formula is C16H25N3. The molecule has 0 atom stereocenters. The Kier molecular flexibility index (Phi) is 6.38. The van der Waals surface area contributed by atoms with E-state index in [0.29, 0.717) is 12.6 Å². The predicted molar refractivity (Wildman–Crippen MR) is 82.3 cm³/mol. The Hall–Kier alpha value is -1.53. The number of terminal acetylenes is 1. The van der Waals surface area contributed by atoms with E-state index in [4.69, 9.17) is 6.42 Å². The third-order valence-corrected chi connectivity index (χ3v) is 2.99. The lowest BCUT2D eigenvalue weighted by Crippen LogP contribution is -2.25. The van der Waals surface area contributed by atoms with Crippen LogP contribution in [0.15, 0.2) is 12.1 Å². The fourth-order valence-electron chi connectivity index (χ4n) is 1.87. The lowest BCUT2D eigenvalue weighted by atomic mass is 10.1. The molecule has 3 heteroatoms. The smallest absolute Gasteiger partial charge is 0.129 e. The van der Waals surface area contributed by atoms with Gasteiger partial charge in [-0.05, 0) is 31.0 Å². The van der Waals surface area contributed by atoms with Crippen LogP contribution < -0.4 is 10.2 Å². The van der Waals surface area contributed by atoms with E-state index in [0.717, 1.165) is 31.0 Å². The van der Waals surface area contributed by atoms with Gasteiger partial charge in [0.2, 0.25) is 0 Å². The second-order valence-electron chi connectivity index (χ2n) is 4.93. The Labute approximate surface area is 117 Å². The number of aromatic nitrogens is 1. The van der Waals surface area contributed by atoms with Crippen molar-refractivity contribution in [3.05, 3.63) is 23.4 Å². The molecule has 1 N–H and O–H groups in total. The van der Waals surface area contributed by atoms with Gasteiger partial charge in [-0.2, -0.15) is 0 Å². The molecule has 0 unspecified atom stereocenters. The molecule has 0 saturated carbocycles. The Morgan fingerprint density at radius 1 is 1.37 bits per heavy atom. The number of nitrogens with one attached hydrogen (secondary N) is 1. The molecule has 0 amide bonds. The zero-order valence-corrected chi connectivity index (χ0v) is 12.5. The Balaban J connectivity index is 2.97. The zero-order valence-electron chi connectivity index (χ0n) is 12.5. The fourth-order valence-corrected chi connectivity index (χ4v) is 1.87. The summed E-state index contributed by atoms with van der Waals surface area (Å²) in [6.07, 6.45) is 6.36. The number of pyridine rings is 1. The maximum Gasteiger partial charge on any atom is 0.129 e. The standard InChI is InChI=1S/C16H25N3/c1-6-9-19(8-3)16-11-14(12-17-13(4)5)10-15(7-2)18-16/h1,10-11,13,17H,7-9,12H2,2-5H3. The van der Waals surface area contributed by atoms with Crippen molar-refractivity contribution in [3.63, 3.8) is 0 Å². The van der Waals surface area contributed by atoms with Crippen LogP contribution in [-0.4, -0.2) is 24.1 Å². The van der Waals surface area contributed by atoms with Crippen LogP contribution in [0.1, 0.15) is 39.0 Å². The molecule has 1 aromatic heterocycles. The molecule has 0 aliphatic heterocycles. The van der Waals surface area contributed by atoms with Gasteiger partial charge in [0.1, 0.15) is 5.82 Å². The van der Waals surface area contributed by atoms with Crippen molar-refractivity contribution in [1.82, 2.24) is 10.3 Å². The van der Waals surface area contributed by atoms with E-state index in [1.807, 2.05) is 0 Å². The highest BCUT2D eigenvalue weighted by Gasteiger charge is 2.08. The summed E-state index contributed by atoms with van der Waals surface area (Å²) in [6, 6.07) is 4.78. The van der Waals surface area contributed by atoms with Gasteiger partial charge in [0.05, 0.1) is 6.54 Å². The molecule has 104 valence electrons. The average molecular weight is 259 g/mol. The average Bonchev–Trinajstić information content (AvgIpc) is 2.42. The summed E-state index contributed by atoms with van der Waals surface area (Å²) < 4.78 is 0. The van der Waals surface area contributed by atoms with Gasteiger partial charge >= 0.3 is 0 Å². The van der Waals surface area contributed by atoms with Crippen LogP contribution >= 0.6 is 0 Å². The van der Waals surface area contributed by atoms with Gasteiger partial charge in [-0.3, -0.25) is 0 Å². The molecule has 0 aromatic carbocycles. The molecule has 0 fully saturated rings. The van der Waals surface area contributed by atoms with E-state index < -0.39 is 0 Å².